The first-order valence-corrected chi connectivity index (χ1v) is 10.8. The van der Waals surface area contributed by atoms with Crippen LogP contribution in [0.2, 0.25) is 0 Å². The number of para-hydroxylation sites is 1. The van der Waals surface area contributed by atoms with Crippen molar-refractivity contribution in [2.75, 3.05) is 0 Å². The number of aromatic nitrogens is 2. The summed E-state index contributed by atoms with van der Waals surface area (Å²) in [6.07, 6.45) is 0. The Morgan fingerprint density at radius 3 is 2.40 bits per heavy atom. The maximum Gasteiger partial charge on any atom is 0.270 e. The number of nitro benzene ring substituents is 1. The lowest BCUT2D eigenvalue weighted by atomic mass is 10.1. The molecular weight excluding hydrogens is 402 g/mol. The molecule has 0 amide bonds. The molecule has 0 aliphatic carbocycles. The number of rotatable bonds is 5. The van der Waals surface area contributed by atoms with E-state index in [0.717, 1.165) is 5.56 Å². The van der Waals surface area contributed by atoms with E-state index in [2.05, 4.69) is 9.97 Å². The first-order chi connectivity index (χ1) is 14.3. The smallest absolute Gasteiger partial charge is 0.258 e. The number of hydrogen-bond acceptors (Lipinski definition) is 6. The molecule has 0 bridgehead atoms. The highest BCUT2D eigenvalue weighted by Gasteiger charge is 2.20. The molecule has 0 saturated carbocycles. The summed E-state index contributed by atoms with van der Waals surface area (Å²) < 4.78 is 25.7. The van der Waals surface area contributed by atoms with Crippen molar-refractivity contribution in [1.82, 2.24) is 9.97 Å². The van der Waals surface area contributed by atoms with Crippen molar-refractivity contribution in [3.63, 3.8) is 0 Å². The highest BCUT2D eigenvalue weighted by atomic mass is 32.2. The summed E-state index contributed by atoms with van der Waals surface area (Å²) in [5.74, 6) is -0.237. The zero-order chi connectivity index (χ0) is 21.3. The highest BCUT2D eigenvalue weighted by molar-refractivity contribution is 7.90. The SMILES string of the molecule is Cc1ccc(S(=O)(=O)Cc2nc(-c3cccc([N+](=O)[O-])c3)c3ccccc3n2)cc1. The fourth-order valence-electron chi connectivity index (χ4n) is 3.17. The predicted molar refractivity (Wildman–Crippen MR) is 114 cm³/mol. The summed E-state index contributed by atoms with van der Waals surface area (Å²) in [5, 5.41) is 11.9. The molecule has 0 spiro atoms. The molecule has 0 N–H and O–H groups in total. The second kappa shape index (κ2) is 7.64. The molecule has 150 valence electrons. The molecule has 0 atom stereocenters. The van der Waals surface area contributed by atoms with Gasteiger partial charge in [-0.2, -0.15) is 0 Å². The van der Waals surface area contributed by atoms with Gasteiger partial charge in [0.05, 0.1) is 21.0 Å². The van der Waals surface area contributed by atoms with Crippen LogP contribution in [0.3, 0.4) is 0 Å². The number of sulfone groups is 1. The monoisotopic (exact) mass is 419 g/mol. The van der Waals surface area contributed by atoms with Crippen LogP contribution in [0.15, 0.2) is 77.7 Å². The Kier molecular flexibility index (Phi) is 5.01. The Morgan fingerprint density at radius 2 is 1.67 bits per heavy atom. The molecule has 0 unspecified atom stereocenters. The molecule has 7 nitrogen and oxygen atoms in total. The van der Waals surface area contributed by atoms with Crippen LogP contribution in [0.1, 0.15) is 11.4 Å². The maximum absolute atomic E-state index is 12.9. The van der Waals surface area contributed by atoms with Gasteiger partial charge >= 0.3 is 0 Å². The van der Waals surface area contributed by atoms with Crippen LogP contribution >= 0.6 is 0 Å². The van der Waals surface area contributed by atoms with Gasteiger partial charge in [-0.15, -0.1) is 0 Å². The standard InChI is InChI=1S/C22H17N3O4S/c1-15-9-11-18(12-10-15)30(28,29)14-21-23-20-8-3-2-7-19(20)22(24-21)16-5-4-6-17(13-16)25(26)27/h2-13H,14H2,1H3. The summed E-state index contributed by atoms with van der Waals surface area (Å²) in [4.78, 5) is 19.8. The first kappa shape index (κ1) is 19.7. The van der Waals surface area contributed by atoms with E-state index in [4.69, 9.17) is 0 Å². The van der Waals surface area contributed by atoms with E-state index < -0.39 is 14.8 Å². The second-order valence-corrected chi connectivity index (χ2v) is 8.87. The summed E-state index contributed by atoms with van der Waals surface area (Å²) in [6, 6.07) is 19.9. The molecule has 4 rings (SSSR count). The number of hydrogen-bond donors (Lipinski definition) is 0. The van der Waals surface area contributed by atoms with Crippen molar-refractivity contribution in [2.24, 2.45) is 0 Å². The third kappa shape index (κ3) is 3.90. The number of fused-ring (bicyclic) bond motifs is 1. The number of non-ortho nitro benzene ring substituents is 1. The quantitative estimate of drug-likeness (QED) is 0.349. The van der Waals surface area contributed by atoms with E-state index in [0.29, 0.717) is 22.2 Å². The first-order valence-electron chi connectivity index (χ1n) is 9.13. The molecule has 0 fully saturated rings. The molecule has 3 aromatic carbocycles. The minimum atomic E-state index is -3.65. The number of nitrogens with zero attached hydrogens (tertiary/aromatic N) is 3. The summed E-state index contributed by atoms with van der Waals surface area (Å²) in [7, 11) is -3.65. The Bertz CT molecular complexity index is 1370. The Balaban J connectivity index is 1.84. The predicted octanol–water partition coefficient (Wildman–Crippen LogP) is 4.49. The van der Waals surface area contributed by atoms with Crippen molar-refractivity contribution >= 4 is 26.4 Å². The van der Waals surface area contributed by atoms with Gasteiger partial charge < -0.3 is 0 Å². The fourth-order valence-corrected chi connectivity index (χ4v) is 4.36. The molecule has 0 saturated heterocycles. The van der Waals surface area contributed by atoms with Crippen LogP contribution in [0.5, 0.6) is 0 Å². The van der Waals surface area contributed by atoms with Gasteiger partial charge in [0, 0.05) is 23.1 Å². The summed E-state index contributed by atoms with van der Waals surface area (Å²) >= 11 is 0. The fraction of sp³-hybridized carbons (Fsp3) is 0.0909. The molecule has 30 heavy (non-hydrogen) atoms. The van der Waals surface area contributed by atoms with Crippen LogP contribution in [0, 0.1) is 17.0 Å². The molecule has 0 aliphatic rings. The van der Waals surface area contributed by atoms with Crippen LogP contribution in [-0.4, -0.2) is 23.3 Å². The average molecular weight is 419 g/mol. The van der Waals surface area contributed by atoms with Gasteiger partial charge in [-0.25, -0.2) is 18.4 Å². The lowest BCUT2D eigenvalue weighted by Crippen LogP contribution is -2.09. The van der Waals surface area contributed by atoms with Gasteiger partial charge in [0.2, 0.25) is 0 Å². The van der Waals surface area contributed by atoms with E-state index in [1.165, 1.54) is 12.1 Å². The van der Waals surface area contributed by atoms with Crippen LogP contribution < -0.4 is 0 Å². The number of aryl methyl sites for hydroxylation is 1. The summed E-state index contributed by atoms with van der Waals surface area (Å²) in [6.45, 7) is 1.88. The molecule has 0 radical (unpaired) electrons. The van der Waals surface area contributed by atoms with E-state index in [1.54, 1.807) is 48.5 Å². The third-order valence-corrected chi connectivity index (χ3v) is 6.31. The lowest BCUT2D eigenvalue weighted by Gasteiger charge is -2.10. The maximum atomic E-state index is 12.9. The molecular formula is C22H17N3O4S. The van der Waals surface area contributed by atoms with Gasteiger partial charge in [0.1, 0.15) is 11.6 Å². The largest absolute Gasteiger partial charge is 0.270 e. The topological polar surface area (TPSA) is 103 Å². The Morgan fingerprint density at radius 1 is 0.933 bits per heavy atom. The number of nitro groups is 1. The van der Waals surface area contributed by atoms with Crippen molar-refractivity contribution < 1.29 is 13.3 Å². The van der Waals surface area contributed by atoms with Crippen molar-refractivity contribution in [3.8, 4) is 11.3 Å². The second-order valence-electron chi connectivity index (χ2n) is 6.89. The summed E-state index contributed by atoms with van der Waals surface area (Å²) in [5.41, 5.74) is 2.45. The Labute approximate surface area is 173 Å². The molecule has 4 aromatic rings. The van der Waals surface area contributed by atoms with E-state index >= 15 is 0 Å². The van der Waals surface area contributed by atoms with Gasteiger partial charge in [0.25, 0.3) is 5.69 Å². The highest BCUT2D eigenvalue weighted by Crippen LogP contribution is 2.29. The van der Waals surface area contributed by atoms with Crippen LogP contribution in [0.4, 0.5) is 5.69 Å². The van der Waals surface area contributed by atoms with Crippen molar-refractivity contribution in [3.05, 3.63) is 94.3 Å². The molecule has 0 aliphatic heterocycles. The van der Waals surface area contributed by atoms with E-state index in [-0.39, 0.29) is 22.2 Å². The van der Waals surface area contributed by atoms with Gasteiger partial charge in [-0.3, -0.25) is 10.1 Å². The minimum Gasteiger partial charge on any atom is -0.258 e. The van der Waals surface area contributed by atoms with Crippen LogP contribution in [0.25, 0.3) is 22.2 Å². The minimum absolute atomic E-state index is 0.0657. The third-order valence-electron chi connectivity index (χ3n) is 4.68. The molecule has 1 aromatic heterocycles. The van der Waals surface area contributed by atoms with Gasteiger partial charge in [-0.1, -0.05) is 48.0 Å². The van der Waals surface area contributed by atoms with Crippen molar-refractivity contribution in [1.29, 1.82) is 0 Å². The average Bonchev–Trinajstić information content (AvgIpc) is 2.73. The van der Waals surface area contributed by atoms with Crippen molar-refractivity contribution in [2.45, 2.75) is 17.6 Å². The molecule has 8 heteroatoms. The zero-order valence-corrected chi connectivity index (χ0v) is 16.8. The normalized spacial score (nSPS) is 11.5. The zero-order valence-electron chi connectivity index (χ0n) is 16.0. The van der Waals surface area contributed by atoms with Gasteiger partial charge in [0.15, 0.2) is 9.84 Å². The van der Waals surface area contributed by atoms with E-state index in [1.807, 2.05) is 19.1 Å². The Hall–Kier alpha value is -3.65. The number of benzene rings is 3. The van der Waals surface area contributed by atoms with Crippen LogP contribution in [-0.2, 0) is 15.6 Å². The molecule has 1 heterocycles. The van der Waals surface area contributed by atoms with E-state index in [9.17, 15) is 18.5 Å². The van der Waals surface area contributed by atoms with Gasteiger partial charge in [-0.05, 0) is 25.1 Å². The lowest BCUT2D eigenvalue weighted by molar-refractivity contribution is -0.384.